The maximum absolute atomic E-state index is 12.2. The summed E-state index contributed by atoms with van der Waals surface area (Å²) in [6, 6.07) is 17.1. The van der Waals surface area contributed by atoms with E-state index in [0.717, 1.165) is 18.4 Å². The number of aromatic nitrogens is 2. The molecular weight excluding hydrogens is 300 g/mol. The molecule has 0 saturated carbocycles. The van der Waals surface area contributed by atoms with Crippen LogP contribution in [0.15, 0.2) is 67.0 Å². The molecule has 2 aromatic carbocycles. The van der Waals surface area contributed by atoms with E-state index in [4.69, 9.17) is 4.74 Å². The van der Waals surface area contributed by atoms with Crippen LogP contribution in [0.1, 0.15) is 29.3 Å². The van der Waals surface area contributed by atoms with Crippen LogP contribution in [0, 0.1) is 0 Å². The Labute approximate surface area is 141 Å². The predicted molar refractivity (Wildman–Crippen MR) is 92.9 cm³/mol. The lowest BCUT2D eigenvalue weighted by Gasteiger charge is -2.05. The molecule has 0 N–H and O–H groups in total. The smallest absolute Gasteiger partial charge is 0.343 e. The number of rotatable bonds is 5. The standard InChI is InChI=1S/C20H18N2O2/c1-2-6-15-9-11-17(12-10-15)20(23)24-18-13-21-19(22-14-18)16-7-4-3-5-8-16/h3-5,7-14H,2,6H2,1H3. The summed E-state index contributed by atoms with van der Waals surface area (Å²) in [4.78, 5) is 20.7. The molecule has 0 radical (unpaired) electrons. The first kappa shape index (κ1) is 15.9. The molecule has 3 aromatic rings. The molecule has 3 rings (SSSR count). The Morgan fingerprint density at radius 3 is 2.25 bits per heavy atom. The first-order chi connectivity index (χ1) is 11.8. The zero-order chi connectivity index (χ0) is 16.8. The minimum Gasteiger partial charge on any atom is -0.420 e. The van der Waals surface area contributed by atoms with Crippen molar-refractivity contribution in [3.63, 3.8) is 0 Å². The summed E-state index contributed by atoms with van der Waals surface area (Å²) in [5.41, 5.74) is 2.65. The van der Waals surface area contributed by atoms with E-state index in [1.54, 1.807) is 12.1 Å². The summed E-state index contributed by atoms with van der Waals surface area (Å²) in [5.74, 6) is 0.519. The summed E-state index contributed by atoms with van der Waals surface area (Å²) >= 11 is 0. The second-order valence-corrected chi connectivity index (χ2v) is 5.44. The van der Waals surface area contributed by atoms with Gasteiger partial charge in [-0.05, 0) is 24.1 Å². The van der Waals surface area contributed by atoms with Gasteiger partial charge >= 0.3 is 5.97 Å². The molecule has 0 fully saturated rings. The van der Waals surface area contributed by atoms with Crippen molar-refractivity contribution in [3.05, 3.63) is 78.1 Å². The Morgan fingerprint density at radius 2 is 1.62 bits per heavy atom. The van der Waals surface area contributed by atoms with Crippen LogP contribution in [0.2, 0.25) is 0 Å². The highest BCUT2D eigenvalue weighted by Gasteiger charge is 2.09. The molecule has 0 unspecified atom stereocenters. The maximum atomic E-state index is 12.2. The van der Waals surface area contributed by atoms with Crippen LogP contribution in [0.4, 0.5) is 0 Å². The SMILES string of the molecule is CCCc1ccc(C(=O)Oc2cnc(-c3ccccc3)nc2)cc1. The number of hydrogen-bond donors (Lipinski definition) is 0. The summed E-state index contributed by atoms with van der Waals surface area (Å²) in [5, 5.41) is 0. The summed E-state index contributed by atoms with van der Waals surface area (Å²) < 4.78 is 5.33. The Bertz CT molecular complexity index is 797. The van der Waals surface area contributed by atoms with Gasteiger partial charge in [-0.3, -0.25) is 0 Å². The highest BCUT2D eigenvalue weighted by atomic mass is 16.5. The number of carbonyl (C=O) groups is 1. The zero-order valence-electron chi connectivity index (χ0n) is 13.5. The van der Waals surface area contributed by atoms with Crippen LogP contribution in [0.3, 0.4) is 0 Å². The highest BCUT2D eigenvalue weighted by molar-refractivity contribution is 5.91. The normalized spacial score (nSPS) is 10.4. The fraction of sp³-hybridized carbons (Fsp3) is 0.150. The first-order valence-electron chi connectivity index (χ1n) is 7.95. The Balaban J connectivity index is 1.68. The van der Waals surface area contributed by atoms with Gasteiger partial charge in [-0.15, -0.1) is 0 Å². The molecule has 0 spiro atoms. The van der Waals surface area contributed by atoms with E-state index in [9.17, 15) is 4.79 Å². The fourth-order valence-electron chi connectivity index (χ4n) is 2.37. The van der Waals surface area contributed by atoms with Crippen molar-refractivity contribution in [3.8, 4) is 17.1 Å². The molecule has 4 heteroatoms. The van der Waals surface area contributed by atoms with E-state index in [0.29, 0.717) is 17.1 Å². The van der Waals surface area contributed by atoms with Gasteiger partial charge in [0, 0.05) is 5.56 Å². The van der Waals surface area contributed by atoms with Gasteiger partial charge in [-0.2, -0.15) is 0 Å². The molecule has 0 aliphatic heterocycles. The molecule has 0 aliphatic rings. The lowest BCUT2D eigenvalue weighted by atomic mass is 10.1. The molecule has 1 heterocycles. The summed E-state index contributed by atoms with van der Waals surface area (Å²) in [6.07, 6.45) is 5.11. The van der Waals surface area contributed by atoms with Crippen molar-refractivity contribution in [2.45, 2.75) is 19.8 Å². The molecule has 0 atom stereocenters. The maximum Gasteiger partial charge on any atom is 0.343 e. The Morgan fingerprint density at radius 1 is 0.958 bits per heavy atom. The van der Waals surface area contributed by atoms with E-state index < -0.39 is 5.97 Å². The molecular formula is C20H18N2O2. The predicted octanol–water partition coefficient (Wildman–Crippen LogP) is 4.32. The Kier molecular flexibility index (Phi) is 4.96. The molecule has 0 aliphatic carbocycles. The average molecular weight is 318 g/mol. The van der Waals surface area contributed by atoms with Crippen LogP contribution in [-0.2, 0) is 6.42 Å². The largest absolute Gasteiger partial charge is 0.420 e. The second-order valence-electron chi connectivity index (χ2n) is 5.44. The molecule has 0 bridgehead atoms. The number of aryl methyl sites for hydroxylation is 1. The number of ether oxygens (including phenoxy) is 1. The topological polar surface area (TPSA) is 52.1 Å². The van der Waals surface area contributed by atoms with Crippen molar-refractivity contribution in [2.24, 2.45) is 0 Å². The number of benzene rings is 2. The third kappa shape index (κ3) is 3.84. The van der Waals surface area contributed by atoms with E-state index in [-0.39, 0.29) is 0 Å². The molecule has 0 amide bonds. The van der Waals surface area contributed by atoms with E-state index >= 15 is 0 Å². The molecule has 0 saturated heterocycles. The third-order valence-corrected chi connectivity index (χ3v) is 3.60. The van der Waals surface area contributed by atoms with E-state index in [1.807, 2.05) is 42.5 Å². The monoisotopic (exact) mass is 318 g/mol. The van der Waals surface area contributed by atoms with Gasteiger partial charge in [0.15, 0.2) is 11.6 Å². The zero-order valence-corrected chi connectivity index (χ0v) is 13.5. The van der Waals surface area contributed by atoms with Crippen LogP contribution in [0.5, 0.6) is 5.75 Å². The number of hydrogen-bond acceptors (Lipinski definition) is 4. The van der Waals surface area contributed by atoms with E-state index in [2.05, 4.69) is 16.9 Å². The molecule has 120 valence electrons. The summed E-state index contributed by atoms with van der Waals surface area (Å²) in [7, 11) is 0. The van der Waals surface area contributed by atoms with Gasteiger partial charge in [0.2, 0.25) is 0 Å². The number of esters is 1. The quantitative estimate of drug-likeness (QED) is 0.658. The number of carbonyl (C=O) groups excluding carboxylic acids is 1. The van der Waals surface area contributed by atoms with Crippen molar-refractivity contribution in [1.29, 1.82) is 0 Å². The second kappa shape index (κ2) is 7.51. The van der Waals surface area contributed by atoms with Gasteiger partial charge in [0.1, 0.15) is 0 Å². The minimum absolute atomic E-state index is 0.331. The van der Waals surface area contributed by atoms with Gasteiger partial charge in [0.25, 0.3) is 0 Å². The van der Waals surface area contributed by atoms with E-state index in [1.165, 1.54) is 18.0 Å². The molecule has 1 aromatic heterocycles. The highest BCUT2D eigenvalue weighted by Crippen LogP contribution is 2.17. The Hall–Kier alpha value is -3.01. The number of nitrogens with zero attached hydrogens (tertiary/aromatic N) is 2. The summed E-state index contributed by atoms with van der Waals surface area (Å²) in [6.45, 7) is 2.13. The van der Waals surface area contributed by atoms with Gasteiger partial charge in [-0.1, -0.05) is 55.8 Å². The van der Waals surface area contributed by atoms with Crippen LogP contribution in [-0.4, -0.2) is 15.9 Å². The lowest BCUT2D eigenvalue weighted by molar-refractivity contribution is 0.0733. The van der Waals surface area contributed by atoms with Crippen molar-refractivity contribution in [2.75, 3.05) is 0 Å². The van der Waals surface area contributed by atoms with Gasteiger partial charge in [-0.25, -0.2) is 14.8 Å². The average Bonchev–Trinajstić information content (AvgIpc) is 2.64. The van der Waals surface area contributed by atoms with Gasteiger partial charge < -0.3 is 4.74 Å². The van der Waals surface area contributed by atoms with Crippen LogP contribution < -0.4 is 4.74 Å². The van der Waals surface area contributed by atoms with Crippen molar-refractivity contribution in [1.82, 2.24) is 9.97 Å². The van der Waals surface area contributed by atoms with Crippen LogP contribution >= 0.6 is 0 Å². The molecule has 24 heavy (non-hydrogen) atoms. The lowest BCUT2D eigenvalue weighted by Crippen LogP contribution is -2.09. The van der Waals surface area contributed by atoms with Gasteiger partial charge in [0.05, 0.1) is 18.0 Å². The third-order valence-electron chi connectivity index (χ3n) is 3.60. The minimum atomic E-state index is -0.408. The van der Waals surface area contributed by atoms with Crippen LogP contribution in [0.25, 0.3) is 11.4 Å². The first-order valence-corrected chi connectivity index (χ1v) is 7.95. The van der Waals surface area contributed by atoms with Crippen molar-refractivity contribution < 1.29 is 9.53 Å². The molecule has 4 nitrogen and oxygen atoms in total. The van der Waals surface area contributed by atoms with Crippen molar-refractivity contribution >= 4 is 5.97 Å². The fourth-order valence-corrected chi connectivity index (χ4v) is 2.37.